The fourth-order valence-electron chi connectivity index (χ4n) is 1.98. The maximum absolute atomic E-state index is 8.27. The molecule has 0 aliphatic carbocycles. The van der Waals surface area contributed by atoms with E-state index in [-0.39, 0.29) is 6.54 Å². The van der Waals surface area contributed by atoms with Gasteiger partial charge in [0, 0.05) is 57.4 Å². The van der Waals surface area contributed by atoms with Gasteiger partial charge in [-0.25, -0.2) is 0 Å². The van der Waals surface area contributed by atoms with Crippen molar-refractivity contribution in [2.24, 2.45) is 5.11 Å². The van der Waals surface area contributed by atoms with Crippen LogP contribution in [-0.4, -0.2) is 15.0 Å². The first-order valence-corrected chi connectivity index (χ1v) is 5.76. The second kappa shape index (κ2) is 4.80. The van der Waals surface area contributed by atoms with Crippen molar-refractivity contribution in [3.63, 3.8) is 0 Å². The van der Waals surface area contributed by atoms with Crippen molar-refractivity contribution in [3.8, 4) is 11.1 Å². The van der Waals surface area contributed by atoms with Crippen LogP contribution < -0.4 is 0 Å². The van der Waals surface area contributed by atoms with Crippen LogP contribution >= 0.6 is 0 Å². The third-order valence-corrected chi connectivity index (χ3v) is 2.91. The molecule has 0 saturated carbocycles. The molecule has 0 atom stereocenters. The summed E-state index contributed by atoms with van der Waals surface area (Å²) in [6.07, 6.45) is 7.30. The zero-order chi connectivity index (χ0) is 13.1. The number of aromatic nitrogens is 3. The van der Waals surface area contributed by atoms with Gasteiger partial charge in [0.05, 0.1) is 6.54 Å². The van der Waals surface area contributed by atoms with E-state index in [1.54, 1.807) is 12.4 Å². The first kappa shape index (κ1) is 11.3. The third-order valence-electron chi connectivity index (χ3n) is 2.91. The molecule has 0 amide bonds. The van der Waals surface area contributed by atoms with Gasteiger partial charge in [0.25, 0.3) is 0 Å². The van der Waals surface area contributed by atoms with Crippen molar-refractivity contribution in [1.29, 1.82) is 0 Å². The summed E-state index contributed by atoms with van der Waals surface area (Å²) in [5, 5.41) is 4.55. The molecule has 0 aliphatic heterocycles. The fourth-order valence-corrected chi connectivity index (χ4v) is 1.98. The summed E-state index contributed by atoms with van der Waals surface area (Å²) in [6, 6.07) is 5.76. The maximum Gasteiger partial charge on any atom is 0.0684 e. The molecule has 3 aromatic heterocycles. The van der Waals surface area contributed by atoms with Gasteiger partial charge in [-0.2, -0.15) is 0 Å². The Morgan fingerprint density at radius 3 is 3.00 bits per heavy atom. The number of H-pyrrole nitrogens is 1. The SMILES string of the molecule is [N-]=[N+]=NCc1ccc(-c2c[nH]c3ccncc23)cn1. The Morgan fingerprint density at radius 1 is 1.26 bits per heavy atom. The minimum absolute atomic E-state index is 0.270. The number of nitrogens with one attached hydrogen (secondary N) is 1. The van der Waals surface area contributed by atoms with Crippen LogP contribution in [0.4, 0.5) is 0 Å². The van der Waals surface area contributed by atoms with Crippen LogP contribution in [0.15, 0.2) is 48.1 Å². The summed E-state index contributed by atoms with van der Waals surface area (Å²) >= 11 is 0. The quantitative estimate of drug-likeness (QED) is 0.438. The van der Waals surface area contributed by atoms with Gasteiger partial charge in [-0.15, -0.1) is 0 Å². The molecular weight excluding hydrogens is 240 g/mol. The van der Waals surface area contributed by atoms with Gasteiger partial charge in [-0.05, 0) is 17.7 Å². The molecule has 0 radical (unpaired) electrons. The van der Waals surface area contributed by atoms with Crippen molar-refractivity contribution >= 4 is 10.9 Å². The minimum Gasteiger partial charge on any atom is -0.360 e. The molecular formula is C13H10N6. The first-order chi connectivity index (χ1) is 9.38. The van der Waals surface area contributed by atoms with Gasteiger partial charge in [0.1, 0.15) is 0 Å². The van der Waals surface area contributed by atoms with Crippen LogP contribution in [0.25, 0.3) is 32.5 Å². The number of fused-ring (bicyclic) bond motifs is 1. The van der Waals surface area contributed by atoms with E-state index in [0.29, 0.717) is 0 Å². The monoisotopic (exact) mass is 250 g/mol. The zero-order valence-electron chi connectivity index (χ0n) is 9.98. The summed E-state index contributed by atoms with van der Waals surface area (Å²) in [4.78, 5) is 14.3. The van der Waals surface area contributed by atoms with Crippen LogP contribution in [0.1, 0.15) is 5.69 Å². The standard InChI is InChI=1S/C13H10N6/c14-19-18-6-10-2-1-9(5-16-10)11-8-17-13-3-4-15-7-12(11)13/h1-5,7-8,17H,6H2. The lowest BCUT2D eigenvalue weighted by Crippen LogP contribution is -1.87. The lowest BCUT2D eigenvalue weighted by molar-refractivity contribution is 0.977. The van der Waals surface area contributed by atoms with Crippen molar-refractivity contribution < 1.29 is 0 Å². The summed E-state index contributed by atoms with van der Waals surface area (Å²) in [5.74, 6) is 0. The normalized spacial score (nSPS) is 10.3. The molecule has 6 heteroatoms. The molecule has 92 valence electrons. The van der Waals surface area contributed by atoms with Gasteiger partial charge in [-0.1, -0.05) is 11.2 Å². The van der Waals surface area contributed by atoms with E-state index < -0.39 is 0 Å². The molecule has 1 N–H and O–H groups in total. The van der Waals surface area contributed by atoms with Crippen LogP contribution in [0.2, 0.25) is 0 Å². The lowest BCUT2D eigenvalue weighted by atomic mass is 10.1. The predicted molar refractivity (Wildman–Crippen MR) is 72.2 cm³/mol. The van der Waals surface area contributed by atoms with Gasteiger partial charge in [0.15, 0.2) is 0 Å². The molecule has 0 aromatic carbocycles. The summed E-state index contributed by atoms with van der Waals surface area (Å²) in [5.41, 5.74) is 12.1. The predicted octanol–water partition coefficient (Wildman–Crippen LogP) is 3.44. The number of azide groups is 1. The van der Waals surface area contributed by atoms with Crippen molar-refractivity contribution in [2.75, 3.05) is 0 Å². The molecule has 6 nitrogen and oxygen atoms in total. The Morgan fingerprint density at radius 2 is 2.21 bits per heavy atom. The molecule has 19 heavy (non-hydrogen) atoms. The Hall–Kier alpha value is -2.85. The van der Waals surface area contributed by atoms with E-state index in [0.717, 1.165) is 27.7 Å². The van der Waals surface area contributed by atoms with Crippen molar-refractivity contribution in [1.82, 2.24) is 15.0 Å². The largest absolute Gasteiger partial charge is 0.360 e. The van der Waals surface area contributed by atoms with Crippen LogP contribution in [0.3, 0.4) is 0 Å². The molecule has 0 saturated heterocycles. The first-order valence-electron chi connectivity index (χ1n) is 5.76. The molecule has 0 bridgehead atoms. The Bertz CT molecular complexity index is 752. The topological polar surface area (TPSA) is 90.3 Å². The summed E-state index contributed by atoms with van der Waals surface area (Å²) in [7, 11) is 0. The van der Waals surface area contributed by atoms with Gasteiger partial charge in [0.2, 0.25) is 0 Å². The molecule has 3 rings (SSSR count). The lowest BCUT2D eigenvalue weighted by Gasteiger charge is -2.00. The number of hydrogen-bond donors (Lipinski definition) is 1. The molecule has 0 aliphatic rings. The number of pyridine rings is 2. The second-order valence-corrected chi connectivity index (χ2v) is 4.05. The summed E-state index contributed by atoms with van der Waals surface area (Å²) < 4.78 is 0. The third kappa shape index (κ3) is 2.12. The average Bonchev–Trinajstić information content (AvgIpc) is 2.90. The molecule has 3 heterocycles. The molecule has 3 aromatic rings. The minimum atomic E-state index is 0.270. The number of aromatic amines is 1. The van der Waals surface area contributed by atoms with Crippen LogP contribution in [0, 0.1) is 0 Å². The highest BCUT2D eigenvalue weighted by Gasteiger charge is 2.06. The zero-order valence-corrected chi connectivity index (χ0v) is 9.98. The van der Waals surface area contributed by atoms with Crippen molar-refractivity contribution in [3.05, 3.63) is 59.1 Å². The average molecular weight is 250 g/mol. The second-order valence-electron chi connectivity index (χ2n) is 4.05. The van der Waals surface area contributed by atoms with E-state index >= 15 is 0 Å². The van der Waals surface area contributed by atoms with Crippen molar-refractivity contribution in [2.45, 2.75) is 6.54 Å². The van der Waals surface area contributed by atoms with Gasteiger partial charge in [-0.3, -0.25) is 9.97 Å². The number of nitrogens with zero attached hydrogens (tertiary/aromatic N) is 5. The maximum atomic E-state index is 8.27. The smallest absolute Gasteiger partial charge is 0.0684 e. The van der Waals surface area contributed by atoms with Crippen LogP contribution in [-0.2, 0) is 6.54 Å². The Balaban J connectivity index is 2.00. The van der Waals surface area contributed by atoms with Gasteiger partial charge >= 0.3 is 0 Å². The van der Waals surface area contributed by atoms with E-state index in [1.165, 1.54) is 0 Å². The molecule has 0 spiro atoms. The number of rotatable bonds is 3. The fraction of sp³-hybridized carbons (Fsp3) is 0.0769. The highest BCUT2D eigenvalue weighted by molar-refractivity contribution is 5.94. The number of hydrogen-bond acceptors (Lipinski definition) is 3. The summed E-state index contributed by atoms with van der Waals surface area (Å²) in [6.45, 7) is 0.270. The highest BCUT2D eigenvalue weighted by Crippen LogP contribution is 2.27. The van der Waals surface area contributed by atoms with Gasteiger partial charge < -0.3 is 4.98 Å². The highest BCUT2D eigenvalue weighted by atomic mass is 15.1. The van der Waals surface area contributed by atoms with Crippen LogP contribution in [0.5, 0.6) is 0 Å². The molecule has 0 fully saturated rings. The van der Waals surface area contributed by atoms with E-state index in [2.05, 4.69) is 25.0 Å². The molecule has 0 unspecified atom stereocenters. The Labute approximate surface area is 108 Å². The van der Waals surface area contributed by atoms with E-state index in [9.17, 15) is 0 Å². The van der Waals surface area contributed by atoms with E-state index in [4.69, 9.17) is 5.53 Å². The van der Waals surface area contributed by atoms with E-state index in [1.807, 2.05) is 30.6 Å². The Kier molecular flexibility index (Phi) is 2.84.